The van der Waals surface area contributed by atoms with Gasteiger partial charge in [-0.25, -0.2) is 9.59 Å². The van der Waals surface area contributed by atoms with Crippen molar-refractivity contribution in [2.75, 3.05) is 127 Å². The van der Waals surface area contributed by atoms with Gasteiger partial charge in [0.05, 0.1) is 51.9 Å². The molecule has 74 heavy (non-hydrogen) atoms. The molecule has 0 rings (SSSR count). The van der Waals surface area contributed by atoms with Crippen LogP contribution < -0.4 is 76.1 Å². The highest BCUT2D eigenvalue weighted by Gasteiger charge is 2.08. The summed E-state index contributed by atoms with van der Waals surface area (Å²) in [5, 5.41) is 28.5. The van der Waals surface area contributed by atoms with Crippen LogP contribution in [0.3, 0.4) is 0 Å². The second kappa shape index (κ2) is 65.0. The van der Waals surface area contributed by atoms with Crippen LogP contribution in [0.4, 0.5) is 0 Å². The maximum Gasteiger partial charge on any atom is 0.333 e. The molecular weight excluding hydrogens is 978 g/mol. The van der Waals surface area contributed by atoms with Gasteiger partial charge in [0, 0.05) is 86.2 Å². The minimum Gasteiger partial charge on any atom is -0.428 e. The summed E-state index contributed by atoms with van der Waals surface area (Å²) in [6.45, 7) is 17.3. The summed E-state index contributed by atoms with van der Waals surface area (Å²) >= 11 is 0. The number of ether oxygens (including phenoxy) is 8. The molecule has 0 aliphatic carbocycles. The molecule has 0 fully saturated rings. The summed E-state index contributed by atoms with van der Waals surface area (Å²) in [6.07, 6.45) is 3.08. The molecule has 18 N–H and O–H groups in total. The number of carbonyl (C=O) groups excluding carboxylic acids is 8. The van der Waals surface area contributed by atoms with E-state index in [1.54, 1.807) is 14.1 Å². The van der Waals surface area contributed by atoms with Gasteiger partial charge >= 0.3 is 47.8 Å². The Morgan fingerprint density at radius 1 is 0.432 bits per heavy atom. The van der Waals surface area contributed by atoms with Crippen molar-refractivity contribution in [1.29, 1.82) is 0 Å². The molecule has 0 aliphatic rings. The lowest BCUT2D eigenvalue weighted by atomic mass is 10.1. The number of carbonyl (C=O) groups is 8. The van der Waals surface area contributed by atoms with Gasteiger partial charge in [0.25, 0.3) is 0 Å². The lowest BCUT2D eigenvalue weighted by Crippen LogP contribution is -2.30. The highest BCUT2D eigenvalue weighted by atomic mass is 16.7. The van der Waals surface area contributed by atoms with Gasteiger partial charge < -0.3 is 103 Å². The van der Waals surface area contributed by atoms with Crippen LogP contribution in [-0.4, -0.2) is 191 Å². The molecule has 0 heterocycles. The first kappa shape index (κ1) is 79.4. The number of nitrogens with two attached hydrogens (primary N) is 4. The summed E-state index contributed by atoms with van der Waals surface area (Å²) in [5.41, 5.74) is 20.3. The zero-order valence-electron chi connectivity index (χ0n) is 42.2. The van der Waals surface area contributed by atoms with Crippen molar-refractivity contribution < 1.29 is 77.7 Å². The van der Waals surface area contributed by atoms with Crippen LogP contribution in [-0.2, 0) is 76.3 Å². The monoisotopic (exact) mass is 1070 g/mol. The van der Waals surface area contributed by atoms with Crippen molar-refractivity contribution in [3.8, 4) is 0 Å². The molecule has 0 saturated heterocycles. The predicted molar refractivity (Wildman–Crippen MR) is 278 cm³/mol. The zero-order chi connectivity index (χ0) is 56.2. The lowest BCUT2D eigenvalue weighted by molar-refractivity contribution is -0.168. The topological polar surface area (TPSA) is 435 Å². The first-order chi connectivity index (χ1) is 34.9. The van der Waals surface area contributed by atoms with Crippen molar-refractivity contribution in [3.05, 3.63) is 49.7 Å². The van der Waals surface area contributed by atoms with E-state index in [-0.39, 0.29) is 67.6 Å². The fourth-order valence-electron chi connectivity index (χ4n) is 3.48. The van der Waals surface area contributed by atoms with Crippen LogP contribution in [0.15, 0.2) is 49.7 Å². The molecule has 32 heteroatoms. The summed E-state index contributed by atoms with van der Waals surface area (Å²) < 4.78 is 36.9. The van der Waals surface area contributed by atoms with Gasteiger partial charge in [0.1, 0.15) is 15.7 Å². The molecule has 426 valence electrons. The summed E-state index contributed by atoms with van der Waals surface area (Å²) in [6, 6.07) is 0. The van der Waals surface area contributed by atoms with Gasteiger partial charge in [0.15, 0.2) is 0 Å². The Kier molecular flexibility index (Phi) is 69.7. The zero-order valence-corrected chi connectivity index (χ0v) is 42.2. The number of rotatable bonds is 40. The van der Waals surface area contributed by atoms with Crippen LogP contribution in [0.5, 0.6) is 0 Å². The first-order valence-electron chi connectivity index (χ1n) is 22.2. The number of hydrogen-bond donors (Lipinski definition) is 14. The van der Waals surface area contributed by atoms with Gasteiger partial charge in [-0.05, 0) is 25.3 Å². The fourth-order valence-corrected chi connectivity index (χ4v) is 3.48. The molecule has 0 saturated carbocycles. The van der Waals surface area contributed by atoms with E-state index in [1.165, 1.54) is 0 Å². The second-order valence-electron chi connectivity index (χ2n) is 12.9. The predicted octanol–water partition coefficient (Wildman–Crippen LogP) is -5.33. The van der Waals surface area contributed by atoms with E-state index in [0.29, 0.717) is 90.5 Å². The highest BCUT2D eigenvalue weighted by Crippen LogP contribution is 1.92. The van der Waals surface area contributed by atoms with Crippen LogP contribution in [0, 0.1) is 0 Å². The Hall–Kier alpha value is -6.03. The van der Waals surface area contributed by atoms with Crippen molar-refractivity contribution >= 4 is 63.4 Å². The Morgan fingerprint density at radius 2 is 0.649 bits per heavy atom. The Balaban J connectivity index is -0.000000164. The number of hydrogen-bond acceptors (Lipinski definition) is 30. The SMILES string of the molecule is C.C=CC(=O)OCOC(=O)C=C.CNCNCCC(=O)OCOC(=O)CCNCNC.NCN.NCNCCC(=O)OCOC(=O)CCNCN.[2HH].[B]C(=C)NCNCCC(=O)OCOC(=O)CCNCNC([B])=C. The van der Waals surface area contributed by atoms with Gasteiger partial charge in [-0.3, -0.25) is 39.4 Å². The van der Waals surface area contributed by atoms with E-state index >= 15 is 0 Å². The maximum atomic E-state index is 11.3. The Morgan fingerprint density at radius 3 is 0.851 bits per heavy atom. The van der Waals surface area contributed by atoms with Crippen molar-refractivity contribution in [3.63, 3.8) is 0 Å². The van der Waals surface area contributed by atoms with Crippen molar-refractivity contribution in [2.45, 2.75) is 46.0 Å². The average Bonchev–Trinajstić information content (AvgIpc) is 3.34. The van der Waals surface area contributed by atoms with Gasteiger partial charge in [0.2, 0.25) is 27.2 Å². The van der Waals surface area contributed by atoms with Gasteiger partial charge in [-0.15, -0.1) is 0 Å². The van der Waals surface area contributed by atoms with Crippen molar-refractivity contribution in [1.82, 2.24) is 53.2 Å². The molecule has 30 nitrogen and oxygen atoms in total. The molecule has 0 amide bonds. The van der Waals surface area contributed by atoms with Crippen LogP contribution >= 0.6 is 0 Å². The third-order valence-electron chi connectivity index (χ3n) is 6.86. The van der Waals surface area contributed by atoms with Crippen LogP contribution in [0.2, 0.25) is 0 Å². The summed E-state index contributed by atoms with van der Waals surface area (Å²) in [7, 11) is 14.2. The minimum absolute atomic E-state index is 0. The molecular formula is C42H86B2N14O16. The molecule has 4 radical (unpaired) electrons. The number of nitrogens with one attached hydrogen (secondary N) is 10. The van der Waals surface area contributed by atoms with Gasteiger partial charge in [-0.1, -0.05) is 33.7 Å². The largest absolute Gasteiger partial charge is 0.428 e. The Bertz CT molecular complexity index is 1420. The molecule has 0 aromatic heterocycles. The summed E-state index contributed by atoms with van der Waals surface area (Å²) in [4.78, 5) is 87.8. The second-order valence-corrected chi connectivity index (χ2v) is 12.9. The molecule has 0 atom stereocenters. The lowest BCUT2D eigenvalue weighted by Gasteiger charge is -2.09. The first-order valence-corrected chi connectivity index (χ1v) is 22.2. The standard InChI is InChI=1S/C13H22B2N4O4.C11H24N4O4.C9H20N4O4.C7H8O4.CH6N2.CH4.H2/c1-10(14)18-7-16-5-3-12(20)22-9-23-13(21)4-6-17-8-19-11(2)15;1-12-7-14-5-3-10(16)18-9-19-11(17)4-6-15-8-13-2;10-5-12-3-1-8(14)16-7-17-9(15)2-4-13-6-11;1-3-6(8)10-5-11-7(9)4-2;2-1-3;;/h16-19H,1-9H2;12-15H,3-9H2,1-2H3;12-13H,1-7,10-11H2;3-4H,1-2,5H2;1-3H2;1H4;1H/i;;;;;;1+1. The number of esters is 8. The molecule has 0 spiro atoms. The van der Waals surface area contributed by atoms with E-state index in [0.717, 1.165) is 12.2 Å². The normalized spacial score (nSPS) is 9.38. The summed E-state index contributed by atoms with van der Waals surface area (Å²) in [5.74, 6) is -3.91. The third-order valence-corrected chi connectivity index (χ3v) is 6.86. The third kappa shape index (κ3) is 77.4. The molecule has 0 aliphatic heterocycles. The van der Waals surface area contributed by atoms with Crippen LogP contribution in [0.25, 0.3) is 0 Å². The minimum atomic E-state index is -0.637. The molecule has 0 unspecified atom stereocenters. The van der Waals surface area contributed by atoms with E-state index in [2.05, 4.69) is 110 Å². The molecule has 0 bridgehead atoms. The van der Waals surface area contributed by atoms with E-state index in [9.17, 15) is 38.4 Å². The van der Waals surface area contributed by atoms with E-state index in [1.807, 2.05) is 0 Å². The quantitative estimate of drug-likeness (QED) is 0.00680. The van der Waals surface area contributed by atoms with E-state index in [4.69, 9.17) is 46.1 Å². The maximum absolute atomic E-state index is 11.3. The Labute approximate surface area is 439 Å². The van der Waals surface area contributed by atoms with Crippen molar-refractivity contribution in [2.24, 2.45) is 22.9 Å². The fraction of sp³-hybridized carbons (Fsp3) is 0.619. The average molecular weight is 1070 g/mol. The smallest absolute Gasteiger partial charge is 0.333 e. The molecule has 0 aromatic carbocycles. The van der Waals surface area contributed by atoms with Gasteiger partial charge in [-0.2, -0.15) is 0 Å². The molecule has 0 aromatic rings. The van der Waals surface area contributed by atoms with Crippen LogP contribution in [0.1, 0.15) is 47.4 Å². The highest BCUT2D eigenvalue weighted by molar-refractivity contribution is 6.21. The van der Waals surface area contributed by atoms with E-state index < -0.39 is 61.3 Å².